The second kappa shape index (κ2) is 10.2. The average molecular weight is 385 g/mol. The molecule has 0 radical (unpaired) electrons. The van der Waals surface area contributed by atoms with E-state index in [9.17, 15) is 9.59 Å². The van der Waals surface area contributed by atoms with Crippen molar-refractivity contribution in [2.45, 2.75) is 40.5 Å². The van der Waals surface area contributed by atoms with Gasteiger partial charge in [0.05, 0.1) is 11.5 Å². The Labute approximate surface area is 166 Å². The van der Waals surface area contributed by atoms with Gasteiger partial charge < -0.3 is 10.6 Å². The molecule has 0 spiro atoms. The van der Waals surface area contributed by atoms with E-state index < -0.39 is 0 Å². The summed E-state index contributed by atoms with van der Waals surface area (Å²) in [6, 6.07) is 11.9. The van der Waals surface area contributed by atoms with Crippen molar-refractivity contribution >= 4 is 35.0 Å². The maximum absolute atomic E-state index is 12.3. The highest BCUT2D eigenvalue weighted by molar-refractivity contribution is 8.00. The van der Waals surface area contributed by atoms with Crippen molar-refractivity contribution in [3.63, 3.8) is 0 Å². The van der Waals surface area contributed by atoms with Crippen molar-refractivity contribution in [3.05, 3.63) is 58.7 Å². The Kier molecular flexibility index (Phi) is 7.92. The third-order valence-electron chi connectivity index (χ3n) is 4.52. The molecule has 0 aliphatic rings. The van der Waals surface area contributed by atoms with Crippen molar-refractivity contribution in [3.8, 4) is 0 Å². The molecule has 0 unspecified atom stereocenters. The SMILES string of the molecule is CCc1cccc(CC)c1NC(=O)CSCC(=O)Nc1ccc(C)c(C)c1. The van der Waals surface area contributed by atoms with Crippen molar-refractivity contribution in [2.75, 3.05) is 22.1 Å². The lowest BCUT2D eigenvalue weighted by Gasteiger charge is -2.14. The number of hydrogen-bond acceptors (Lipinski definition) is 3. The van der Waals surface area contributed by atoms with Crippen molar-refractivity contribution in [2.24, 2.45) is 0 Å². The summed E-state index contributed by atoms with van der Waals surface area (Å²) < 4.78 is 0. The van der Waals surface area contributed by atoms with E-state index in [1.165, 1.54) is 17.3 Å². The molecule has 144 valence electrons. The van der Waals surface area contributed by atoms with Gasteiger partial charge in [-0.1, -0.05) is 38.1 Å². The van der Waals surface area contributed by atoms with Crippen LogP contribution < -0.4 is 10.6 Å². The van der Waals surface area contributed by atoms with E-state index in [0.29, 0.717) is 0 Å². The van der Waals surface area contributed by atoms with Crippen molar-refractivity contribution in [1.29, 1.82) is 0 Å². The highest BCUT2D eigenvalue weighted by atomic mass is 32.2. The molecule has 0 aliphatic heterocycles. The van der Waals surface area contributed by atoms with Gasteiger partial charge in [-0.15, -0.1) is 11.8 Å². The van der Waals surface area contributed by atoms with E-state index in [0.717, 1.165) is 40.9 Å². The van der Waals surface area contributed by atoms with Gasteiger partial charge in [0.1, 0.15) is 0 Å². The lowest BCUT2D eigenvalue weighted by molar-refractivity contribution is -0.114. The summed E-state index contributed by atoms with van der Waals surface area (Å²) in [7, 11) is 0. The quantitative estimate of drug-likeness (QED) is 0.691. The molecule has 0 saturated carbocycles. The summed E-state index contributed by atoms with van der Waals surface area (Å²) in [4.78, 5) is 24.4. The van der Waals surface area contributed by atoms with E-state index in [1.54, 1.807) is 0 Å². The molecule has 5 heteroatoms. The first-order chi connectivity index (χ1) is 12.9. The minimum Gasteiger partial charge on any atom is -0.325 e. The van der Waals surface area contributed by atoms with Crippen LogP contribution in [0.5, 0.6) is 0 Å². The van der Waals surface area contributed by atoms with Gasteiger partial charge in [-0.2, -0.15) is 0 Å². The van der Waals surface area contributed by atoms with Gasteiger partial charge in [-0.25, -0.2) is 0 Å². The molecule has 0 aromatic heterocycles. The lowest BCUT2D eigenvalue weighted by Crippen LogP contribution is -2.19. The van der Waals surface area contributed by atoms with Crippen LogP contribution >= 0.6 is 11.8 Å². The number of para-hydroxylation sites is 1. The fourth-order valence-corrected chi connectivity index (χ4v) is 3.45. The lowest BCUT2D eigenvalue weighted by atomic mass is 10.0. The number of rotatable bonds is 8. The van der Waals surface area contributed by atoms with Crippen LogP contribution in [0.25, 0.3) is 0 Å². The summed E-state index contributed by atoms with van der Waals surface area (Å²) in [6.07, 6.45) is 1.74. The van der Waals surface area contributed by atoms with Gasteiger partial charge in [0.15, 0.2) is 0 Å². The summed E-state index contributed by atoms with van der Waals surface area (Å²) in [5.74, 6) is 0.326. The van der Waals surface area contributed by atoms with Crippen LogP contribution in [0.4, 0.5) is 11.4 Å². The van der Waals surface area contributed by atoms with Crippen LogP contribution in [0.1, 0.15) is 36.1 Å². The minimum absolute atomic E-state index is 0.0745. The molecule has 4 nitrogen and oxygen atoms in total. The maximum atomic E-state index is 12.3. The van der Waals surface area contributed by atoms with Gasteiger partial charge in [0.2, 0.25) is 11.8 Å². The van der Waals surface area contributed by atoms with Crippen LogP contribution in [-0.2, 0) is 22.4 Å². The van der Waals surface area contributed by atoms with Gasteiger partial charge in [-0.3, -0.25) is 9.59 Å². The second-order valence-electron chi connectivity index (χ2n) is 6.55. The van der Waals surface area contributed by atoms with Gasteiger partial charge in [0, 0.05) is 11.4 Å². The average Bonchev–Trinajstić information content (AvgIpc) is 2.65. The molecule has 2 N–H and O–H groups in total. The predicted molar refractivity (Wildman–Crippen MR) is 116 cm³/mol. The van der Waals surface area contributed by atoms with Crippen LogP contribution in [-0.4, -0.2) is 23.3 Å². The minimum atomic E-state index is -0.0979. The van der Waals surface area contributed by atoms with Crippen molar-refractivity contribution in [1.82, 2.24) is 0 Å². The van der Waals surface area contributed by atoms with Crippen LogP contribution in [0.3, 0.4) is 0 Å². The first-order valence-corrected chi connectivity index (χ1v) is 10.5. The van der Waals surface area contributed by atoms with Gasteiger partial charge >= 0.3 is 0 Å². The molecule has 0 saturated heterocycles. The Bertz CT molecular complexity index is 796. The molecular weight excluding hydrogens is 356 g/mol. The molecule has 27 heavy (non-hydrogen) atoms. The third kappa shape index (κ3) is 6.14. The van der Waals surface area contributed by atoms with E-state index >= 15 is 0 Å². The number of amides is 2. The first-order valence-electron chi connectivity index (χ1n) is 9.30. The Balaban J connectivity index is 1.84. The summed E-state index contributed by atoms with van der Waals surface area (Å²) in [5, 5.41) is 5.91. The third-order valence-corrected chi connectivity index (χ3v) is 5.45. The largest absolute Gasteiger partial charge is 0.325 e. The zero-order valence-electron chi connectivity index (χ0n) is 16.5. The smallest absolute Gasteiger partial charge is 0.234 e. The molecule has 2 amide bonds. The molecule has 0 aliphatic carbocycles. The number of thioether (sulfide) groups is 1. The number of benzene rings is 2. The van der Waals surface area contributed by atoms with Gasteiger partial charge in [0.25, 0.3) is 0 Å². The monoisotopic (exact) mass is 384 g/mol. The fourth-order valence-electron chi connectivity index (χ4n) is 2.83. The van der Waals surface area contributed by atoms with Gasteiger partial charge in [-0.05, 0) is 61.1 Å². The highest BCUT2D eigenvalue weighted by Crippen LogP contribution is 2.23. The molecule has 0 fully saturated rings. The number of anilines is 2. The molecule has 0 heterocycles. The number of aryl methyl sites for hydroxylation is 4. The molecule has 0 atom stereocenters. The van der Waals surface area contributed by atoms with E-state index in [2.05, 4.69) is 24.5 Å². The standard InChI is InChI=1S/C22H28N2O2S/c1-5-17-8-7-9-18(6-2)22(17)24-21(26)14-27-13-20(25)23-19-11-10-15(3)16(4)12-19/h7-12H,5-6,13-14H2,1-4H3,(H,23,25)(H,24,26). The number of carbonyl (C=O) groups excluding carboxylic acids is 2. The van der Waals surface area contributed by atoms with Crippen LogP contribution in [0, 0.1) is 13.8 Å². The molecule has 2 rings (SSSR count). The van der Waals surface area contributed by atoms with Crippen LogP contribution in [0.15, 0.2) is 36.4 Å². The summed E-state index contributed by atoms with van der Waals surface area (Å²) >= 11 is 1.32. The van der Waals surface area contributed by atoms with E-state index in [4.69, 9.17) is 0 Å². The predicted octanol–water partition coefficient (Wildman–Crippen LogP) is 4.74. The topological polar surface area (TPSA) is 58.2 Å². The molecule has 2 aromatic rings. The van der Waals surface area contributed by atoms with E-state index in [1.807, 2.05) is 50.2 Å². The summed E-state index contributed by atoms with van der Waals surface area (Å²) in [5.41, 5.74) is 6.32. The molecular formula is C22H28N2O2S. The molecule has 2 aromatic carbocycles. The van der Waals surface area contributed by atoms with Crippen molar-refractivity contribution < 1.29 is 9.59 Å². The summed E-state index contributed by atoms with van der Waals surface area (Å²) in [6.45, 7) is 8.21. The Hall–Kier alpha value is -2.27. The second-order valence-corrected chi connectivity index (χ2v) is 7.53. The fraction of sp³-hybridized carbons (Fsp3) is 0.364. The number of nitrogens with one attached hydrogen (secondary N) is 2. The zero-order valence-corrected chi connectivity index (χ0v) is 17.3. The van der Waals surface area contributed by atoms with E-state index in [-0.39, 0.29) is 23.3 Å². The highest BCUT2D eigenvalue weighted by Gasteiger charge is 2.11. The molecule has 0 bridgehead atoms. The van der Waals surface area contributed by atoms with Crippen LogP contribution in [0.2, 0.25) is 0 Å². The number of hydrogen-bond donors (Lipinski definition) is 2. The maximum Gasteiger partial charge on any atom is 0.234 e. The number of carbonyl (C=O) groups is 2. The Morgan fingerprint density at radius 2 is 1.44 bits per heavy atom. The Morgan fingerprint density at radius 1 is 0.852 bits per heavy atom. The first kappa shape index (κ1) is 21.0. The Morgan fingerprint density at radius 3 is 2.00 bits per heavy atom. The normalized spacial score (nSPS) is 10.5. The zero-order chi connectivity index (χ0) is 19.8.